The summed E-state index contributed by atoms with van der Waals surface area (Å²) in [5.41, 5.74) is 4.41. The van der Waals surface area contributed by atoms with Crippen molar-refractivity contribution in [2.75, 3.05) is 0 Å². The average Bonchev–Trinajstić information content (AvgIpc) is 2.56. The summed E-state index contributed by atoms with van der Waals surface area (Å²) in [6, 6.07) is 19.6. The van der Waals surface area contributed by atoms with Crippen LogP contribution in [0.4, 0.5) is 0 Å². The molecule has 0 saturated heterocycles. The van der Waals surface area contributed by atoms with E-state index in [1.54, 1.807) is 0 Å². The Bertz CT molecular complexity index is 694. The van der Waals surface area contributed by atoms with Crippen molar-refractivity contribution in [1.82, 2.24) is 9.97 Å². The normalized spacial score (nSPS) is 9.95. The van der Waals surface area contributed by atoms with Crippen LogP contribution in [-0.2, 0) is 26.5 Å². The van der Waals surface area contributed by atoms with Crippen LogP contribution in [0.1, 0.15) is 12.5 Å². The monoisotopic (exact) mass is 452 g/mol. The zero-order valence-corrected chi connectivity index (χ0v) is 14.1. The Balaban J connectivity index is 0.00000161. The third-order valence-corrected chi connectivity index (χ3v) is 3.26. The van der Waals surface area contributed by atoms with Gasteiger partial charge in [-0.25, -0.2) is 0 Å². The molecule has 0 unspecified atom stereocenters. The first-order valence-corrected chi connectivity index (χ1v) is 6.75. The van der Waals surface area contributed by atoms with Gasteiger partial charge in [-0.15, -0.1) is 35.4 Å². The van der Waals surface area contributed by atoms with Crippen LogP contribution in [0, 0.1) is 6.07 Å². The molecule has 0 aliphatic rings. The van der Waals surface area contributed by atoms with E-state index in [2.05, 4.69) is 47.2 Å². The van der Waals surface area contributed by atoms with Crippen LogP contribution in [0.2, 0.25) is 0 Å². The average molecular weight is 452 g/mol. The van der Waals surface area contributed by atoms with E-state index >= 15 is 0 Å². The quantitative estimate of drug-likeness (QED) is 0.559. The van der Waals surface area contributed by atoms with Crippen molar-refractivity contribution < 1.29 is 20.1 Å². The van der Waals surface area contributed by atoms with Gasteiger partial charge in [0.25, 0.3) is 0 Å². The van der Waals surface area contributed by atoms with Gasteiger partial charge in [0, 0.05) is 32.5 Å². The third-order valence-electron chi connectivity index (χ3n) is 3.26. The Hall–Kier alpha value is -1.83. The first kappa shape index (κ1) is 15.6. The SMILES string of the molecule is CCc1cnc(-c2[c-]ccc(-c3ccccc3)c2)nc1.[Ir]. The Morgan fingerprint density at radius 2 is 1.67 bits per heavy atom. The van der Waals surface area contributed by atoms with Gasteiger partial charge in [-0.1, -0.05) is 37.3 Å². The largest absolute Gasteiger partial charge is 0.285 e. The fraction of sp³-hybridized carbons (Fsp3) is 0.111. The molecule has 2 aromatic carbocycles. The molecule has 0 aliphatic heterocycles. The van der Waals surface area contributed by atoms with Gasteiger partial charge in [0.15, 0.2) is 0 Å². The van der Waals surface area contributed by atoms with Crippen LogP contribution >= 0.6 is 0 Å². The van der Waals surface area contributed by atoms with E-state index in [-0.39, 0.29) is 20.1 Å². The molecular weight excluding hydrogens is 436 g/mol. The fourth-order valence-corrected chi connectivity index (χ4v) is 2.08. The summed E-state index contributed by atoms with van der Waals surface area (Å²) >= 11 is 0. The maximum Gasteiger partial charge on any atom is 0.0748 e. The predicted molar refractivity (Wildman–Crippen MR) is 81.1 cm³/mol. The number of rotatable bonds is 3. The van der Waals surface area contributed by atoms with E-state index in [4.69, 9.17) is 0 Å². The number of benzene rings is 2. The van der Waals surface area contributed by atoms with E-state index in [1.165, 1.54) is 5.56 Å². The minimum Gasteiger partial charge on any atom is -0.285 e. The van der Waals surface area contributed by atoms with Crippen molar-refractivity contribution in [1.29, 1.82) is 0 Å². The molecule has 0 bridgehead atoms. The number of hydrogen-bond acceptors (Lipinski definition) is 2. The summed E-state index contributed by atoms with van der Waals surface area (Å²) < 4.78 is 0. The van der Waals surface area contributed by atoms with Crippen LogP contribution in [0.25, 0.3) is 22.5 Å². The standard InChI is InChI=1S/C18H15N2.Ir/c1-2-14-12-19-18(20-13-14)17-10-6-9-16(11-17)15-7-4-3-5-8-15;/h3-9,11-13H,2H2,1H3;/q-1;. The van der Waals surface area contributed by atoms with Crippen molar-refractivity contribution in [3.63, 3.8) is 0 Å². The molecule has 3 aromatic rings. The van der Waals surface area contributed by atoms with Crippen LogP contribution in [0.5, 0.6) is 0 Å². The van der Waals surface area contributed by atoms with E-state index in [0.717, 1.165) is 28.9 Å². The molecular formula is C18H15IrN2-. The van der Waals surface area contributed by atoms with Crippen molar-refractivity contribution in [3.05, 3.63) is 72.6 Å². The van der Waals surface area contributed by atoms with Gasteiger partial charge in [0.2, 0.25) is 0 Å². The Kier molecular flexibility index (Phi) is 5.37. The Morgan fingerprint density at radius 1 is 0.952 bits per heavy atom. The molecule has 0 spiro atoms. The summed E-state index contributed by atoms with van der Waals surface area (Å²) in [6.45, 7) is 2.10. The first-order valence-electron chi connectivity index (χ1n) is 6.75. The van der Waals surface area contributed by atoms with Gasteiger partial charge in [-0.2, -0.15) is 0 Å². The van der Waals surface area contributed by atoms with Gasteiger partial charge in [-0.3, -0.25) is 9.97 Å². The van der Waals surface area contributed by atoms with Gasteiger partial charge < -0.3 is 0 Å². The zero-order chi connectivity index (χ0) is 13.8. The minimum absolute atomic E-state index is 0. The van der Waals surface area contributed by atoms with E-state index < -0.39 is 0 Å². The summed E-state index contributed by atoms with van der Waals surface area (Å²) in [7, 11) is 0. The molecule has 1 aromatic heterocycles. The fourth-order valence-electron chi connectivity index (χ4n) is 2.08. The second-order valence-corrected chi connectivity index (χ2v) is 4.63. The second kappa shape index (κ2) is 7.26. The Morgan fingerprint density at radius 3 is 2.33 bits per heavy atom. The van der Waals surface area contributed by atoms with E-state index in [1.807, 2.05) is 36.7 Å². The summed E-state index contributed by atoms with van der Waals surface area (Å²) in [6.07, 6.45) is 4.71. The number of aromatic nitrogens is 2. The second-order valence-electron chi connectivity index (χ2n) is 4.63. The van der Waals surface area contributed by atoms with Crippen LogP contribution in [0.3, 0.4) is 0 Å². The molecule has 0 fully saturated rings. The molecule has 1 heterocycles. The molecule has 1 radical (unpaired) electrons. The molecule has 107 valence electrons. The van der Waals surface area contributed by atoms with Crippen molar-refractivity contribution in [2.45, 2.75) is 13.3 Å². The molecule has 0 N–H and O–H groups in total. The maximum atomic E-state index is 4.41. The number of aryl methyl sites for hydroxylation is 1. The summed E-state index contributed by atoms with van der Waals surface area (Å²) in [5.74, 6) is 0.722. The molecule has 0 aliphatic carbocycles. The zero-order valence-electron chi connectivity index (χ0n) is 11.7. The minimum atomic E-state index is 0. The Labute approximate surface area is 138 Å². The molecule has 21 heavy (non-hydrogen) atoms. The van der Waals surface area contributed by atoms with E-state index in [9.17, 15) is 0 Å². The van der Waals surface area contributed by atoms with Crippen LogP contribution < -0.4 is 0 Å². The smallest absolute Gasteiger partial charge is 0.0748 e. The van der Waals surface area contributed by atoms with Gasteiger partial charge >= 0.3 is 0 Å². The predicted octanol–water partition coefficient (Wildman–Crippen LogP) is 4.17. The van der Waals surface area contributed by atoms with Crippen molar-refractivity contribution >= 4 is 0 Å². The van der Waals surface area contributed by atoms with Crippen molar-refractivity contribution in [3.8, 4) is 22.5 Å². The molecule has 3 heteroatoms. The van der Waals surface area contributed by atoms with Crippen LogP contribution in [0.15, 0.2) is 60.9 Å². The van der Waals surface area contributed by atoms with Gasteiger partial charge in [0.1, 0.15) is 0 Å². The molecule has 0 amide bonds. The number of hydrogen-bond donors (Lipinski definition) is 0. The van der Waals surface area contributed by atoms with Crippen molar-refractivity contribution in [2.24, 2.45) is 0 Å². The van der Waals surface area contributed by atoms with Gasteiger partial charge in [0.05, 0.1) is 5.82 Å². The maximum absolute atomic E-state index is 4.41. The van der Waals surface area contributed by atoms with Gasteiger partial charge in [-0.05, 0) is 17.5 Å². The first-order chi connectivity index (χ1) is 9.86. The van der Waals surface area contributed by atoms with Crippen LogP contribution in [-0.4, -0.2) is 9.97 Å². The molecule has 0 saturated carbocycles. The molecule has 2 nitrogen and oxygen atoms in total. The van der Waals surface area contributed by atoms with E-state index in [0.29, 0.717) is 0 Å². The third kappa shape index (κ3) is 3.63. The summed E-state index contributed by atoms with van der Waals surface area (Å²) in [4.78, 5) is 8.82. The molecule has 0 atom stereocenters. The topological polar surface area (TPSA) is 25.8 Å². The molecule has 3 rings (SSSR count). The number of nitrogens with zero attached hydrogens (tertiary/aromatic N) is 2. The summed E-state index contributed by atoms with van der Waals surface area (Å²) in [5, 5.41) is 0.